The Morgan fingerprint density at radius 3 is 2.54 bits per heavy atom. The number of aromatic amines is 1. The van der Waals surface area contributed by atoms with Gasteiger partial charge in [0.2, 0.25) is 11.8 Å². The SMILES string of the molecule is Cc1cccc(NC(=O)COc2ccc(Cl)cc2[C@@H]2c3sc(=O)[nH]c3S[C@@H]3[C@@H]4C[C@@H]([C@@H]5C(=O)N(c6ccc([N+](=O)[O-])cc6)C(=O)[C@@H]45)[C@H]23)c1. The largest absolute Gasteiger partial charge is 0.483 e. The number of aryl methyl sites for hydroxylation is 1. The number of nitrogens with zero attached hydrogens (tertiary/aromatic N) is 2. The Morgan fingerprint density at radius 1 is 1.06 bits per heavy atom. The summed E-state index contributed by atoms with van der Waals surface area (Å²) in [6.45, 7) is 1.67. The number of hydrogen-bond donors (Lipinski definition) is 2. The summed E-state index contributed by atoms with van der Waals surface area (Å²) in [4.78, 5) is 69.1. The molecule has 7 atom stereocenters. The van der Waals surface area contributed by atoms with Crippen LogP contribution in [0.1, 0.15) is 28.3 Å². The fraction of sp³-hybridized carbons (Fsp3) is 0.294. The van der Waals surface area contributed by atoms with E-state index < -0.39 is 16.8 Å². The predicted octanol–water partition coefficient (Wildman–Crippen LogP) is 6.00. The summed E-state index contributed by atoms with van der Waals surface area (Å²) in [5, 5.41) is 15.2. The third-order valence-corrected chi connectivity index (χ3v) is 12.8. The number of hydrogen-bond acceptors (Lipinski definition) is 9. The lowest BCUT2D eigenvalue weighted by atomic mass is 9.68. The Balaban J connectivity index is 1.13. The number of benzene rings is 3. The third kappa shape index (κ3) is 4.94. The molecule has 0 unspecified atom stereocenters. The van der Waals surface area contributed by atoms with Crippen molar-refractivity contribution >= 4 is 69.5 Å². The van der Waals surface area contributed by atoms with E-state index in [1.165, 1.54) is 29.2 Å². The molecule has 48 heavy (non-hydrogen) atoms. The molecule has 3 aromatic carbocycles. The first-order valence-corrected chi connectivity index (χ1v) is 17.5. The normalized spacial score (nSPS) is 26.6. The molecule has 0 spiro atoms. The number of ether oxygens (including phenoxy) is 1. The standard InChI is InChI=1S/C34H27ClN4O7S2/c1-15-3-2-4-17(11-15)36-24(40)14-46-23-10-5-16(35)12-20(23)25-26-21-13-22(29(26)47-31-30(25)48-34(43)37-31)28-27(21)32(41)38(33(28)42)18-6-8-19(9-7-18)39(44)45/h2-12,21-22,25-29H,13-14H2,1H3,(H,36,40)(H,37,43)/t21-,22-,25+,26-,27+,28+,29-/m1/s1. The highest BCUT2D eigenvalue weighted by Gasteiger charge is 2.70. The topological polar surface area (TPSA) is 152 Å². The number of H-pyrrole nitrogens is 1. The summed E-state index contributed by atoms with van der Waals surface area (Å²) in [6, 6.07) is 18.1. The van der Waals surface area contributed by atoms with Crippen LogP contribution in [-0.2, 0) is 14.4 Å². The number of amides is 3. The van der Waals surface area contributed by atoms with E-state index >= 15 is 0 Å². The molecule has 4 aliphatic rings. The Bertz CT molecular complexity index is 2080. The van der Waals surface area contributed by atoms with Gasteiger partial charge in [-0.15, -0.1) is 11.8 Å². The lowest BCUT2D eigenvalue weighted by molar-refractivity contribution is -0.384. The lowest BCUT2D eigenvalue weighted by Gasteiger charge is -2.43. The fourth-order valence-electron chi connectivity index (χ4n) is 8.30. The van der Waals surface area contributed by atoms with Crippen LogP contribution in [-0.4, -0.2) is 39.5 Å². The summed E-state index contributed by atoms with van der Waals surface area (Å²) in [5.74, 6) is -2.40. The van der Waals surface area contributed by atoms with E-state index in [4.69, 9.17) is 16.3 Å². The zero-order valence-corrected chi connectivity index (χ0v) is 27.6. The van der Waals surface area contributed by atoms with Crippen molar-refractivity contribution in [3.8, 4) is 5.75 Å². The summed E-state index contributed by atoms with van der Waals surface area (Å²) in [6.07, 6.45) is 0.675. The second-order valence-electron chi connectivity index (χ2n) is 12.6. The van der Waals surface area contributed by atoms with Crippen LogP contribution < -0.4 is 19.8 Å². The number of carbonyl (C=O) groups is 3. The van der Waals surface area contributed by atoms with Crippen LogP contribution in [0.4, 0.5) is 17.1 Å². The van der Waals surface area contributed by atoms with E-state index in [9.17, 15) is 29.3 Å². The molecule has 11 nitrogen and oxygen atoms in total. The second-order valence-corrected chi connectivity index (χ2v) is 15.3. The van der Waals surface area contributed by atoms with Crippen LogP contribution in [0.15, 0.2) is 76.6 Å². The number of nitro groups is 1. The molecule has 2 N–H and O–H groups in total. The third-order valence-electron chi connectivity index (χ3n) is 10.0. The number of halogens is 1. The number of thioether (sulfide) groups is 1. The van der Waals surface area contributed by atoms with Crippen molar-refractivity contribution in [3.63, 3.8) is 0 Å². The van der Waals surface area contributed by atoms with Crippen LogP contribution in [0.5, 0.6) is 5.75 Å². The van der Waals surface area contributed by atoms with Crippen molar-refractivity contribution < 1.29 is 24.0 Å². The first kappa shape index (κ1) is 30.8. The molecule has 14 heteroatoms. The van der Waals surface area contributed by atoms with Gasteiger partial charge in [-0.25, -0.2) is 0 Å². The number of nitrogens with one attached hydrogen (secondary N) is 2. The van der Waals surface area contributed by atoms with Crippen molar-refractivity contribution in [2.75, 3.05) is 16.8 Å². The maximum atomic E-state index is 14.1. The fourth-order valence-corrected chi connectivity index (χ4v) is 11.4. The van der Waals surface area contributed by atoms with Gasteiger partial charge in [-0.1, -0.05) is 35.1 Å². The molecular weight excluding hydrogens is 676 g/mol. The number of aromatic nitrogens is 1. The summed E-state index contributed by atoms with van der Waals surface area (Å²) in [5.41, 5.74) is 2.56. The highest BCUT2D eigenvalue weighted by atomic mass is 35.5. The Kier molecular flexibility index (Phi) is 7.46. The van der Waals surface area contributed by atoms with Crippen molar-refractivity contribution in [2.24, 2.45) is 29.6 Å². The Morgan fingerprint density at radius 2 is 1.81 bits per heavy atom. The van der Waals surface area contributed by atoms with Crippen molar-refractivity contribution in [3.05, 3.63) is 108 Å². The van der Waals surface area contributed by atoms with Crippen LogP contribution in [0.3, 0.4) is 0 Å². The predicted molar refractivity (Wildman–Crippen MR) is 181 cm³/mol. The number of nitro benzene ring substituents is 1. The highest BCUT2D eigenvalue weighted by Crippen LogP contribution is 2.69. The molecule has 1 aromatic heterocycles. The summed E-state index contributed by atoms with van der Waals surface area (Å²) in [7, 11) is 0. The minimum atomic E-state index is -0.567. The van der Waals surface area contributed by atoms with Crippen LogP contribution in [0, 0.1) is 46.6 Å². The zero-order chi connectivity index (χ0) is 33.4. The zero-order valence-electron chi connectivity index (χ0n) is 25.3. The Hall–Kier alpha value is -4.46. The van der Waals surface area contributed by atoms with Gasteiger partial charge in [0.25, 0.3) is 11.6 Å². The molecule has 2 bridgehead atoms. The molecule has 3 fully saturated rings. The summed E-state index contributed by atoms with van der Waals surface area (Å²) < 4.78 is 6.15. The van der Waals surface area contributed by atoms with Crippen LogP contribution in [0.25, 0.3) is 0 Å². The maximum absolute atomic E-state index is 14.1. The van der Waals surface area contributed by atoms with E-state index in [1.54, 1.807) is 36.0 Å². The molecule has 1 saturated heterocycles. The van der Waals surface area contributed by atoms with Gasteiger partial charge in [-0.05, 0) is 79.1 Å². The van der Waals surface area contributed by atoms with Gasteiger partial charge in [-0.3, -0.25) is 34.2 Å². The van der Waals surface area contributed by atoms with E-state index in [2.05, 4.69) is 10.3 Å². The van der Waals surface area contributed by atoms with Gasteiger partial charge < -0.3 is 15.0 Å². The van der Waals surface area contributed by atoms with Crippen molar-refractivity contribution in [1.29, 1.82) is 0 Å². The Labute approximate surface area is 286 Å². The van der Waals surface area contributed by atoms with E-state index in [-0.39, 0.29) is 63.8 Å². The quantitative estimate of drug-likeness (QED) is 0.135. The van der Waals surface area contributed by atoms with Crippen molar-refractivity contribution in [2.45, 2.75) is 29.5 Å². The number of carbonyl (C=O) groups excluding carboxylic acids is 3. The molecular formula is C34H27ClN4O7S2. The number of imide groups is 1. The monoisotopic (exact) mass is 702 g/mol. The molecule has 3 heterocycles. The smallest absolute Gasteiger partial charge is 0.305 e. The van der Waals surface area contributed by atoms with Crippen LogP contribution in [0.2, 0.25) is 5.02 Å². The highest BCUT2D eigenvalue weighted by molar-refractivity contribution is 8.00. The van der Waals surface area contributed by atoms with Gasteiger partial charge in [-0.2, -0.15) is 0 Å². The minimum Gasteiger partial charge on any atom is -0.483 e. The lowest BCUT2D eigenvalue weighted by Crippen LogP contribution is -2.42. The molecule has 2 aliphatic heterocycles. The van der Waals surface area contributed by atoms with Gasteiger partial charge in [0.15, 0.2) is 6.61 Å². The molecule has 4 aromatic rings. The van der Waals surface area contributed by atoms with E-state index in [0.29, 0.717) is 34.1 Å². The second kappa shape index (κ2) is 11.6. The first-order valence-electron chi connectivity index (χ1n) is 15.4. The number of non-ortho nitro benzene ring substituents is 1. The molecule has 2 aliphatic carbocycles. The average Bonchev–Trinajstić information content (AvgIpc) is 3.79. The first-order chi connectivity index (χ1) is 23.1. The number of thiazole rings is 1. The van der Waals surface area contributed by atoms with Gasteiger partial charge in [0.1, 0.15) is 5.75 Å². The molecule has 0 radical (unpaired) electrons. The maximum Gasteiger partial charge on any atom is 0.305 e. The number of rotatable bonds is 7. The summed E-state index contributed by atoms with van der Waals surface area (Å²) >= 11 is 9.24. The molecule has 244 valence electrons. The minimum absolute atomic E-state index is 0.0796. The van der Waals surface area contributed by atoms with Gasteiger partial charge >= 0.3 is 4.87 Å². The molecule has 8 rings (SSSR count). The van der Waals surface area contributed by atoms with E-state index in [0.717, 1.165) is 26.8 Å². The van der Waals surface area contributed by atoms with Crippen molar-refractivity contribution in [1.82, 2.24) is 4.98 Å². The molecule has 2 saturated carbocycles. The molecule has 3 amide bonds. The number of anilines is 2. The van der Waals surface area contributed by atoms with Crippen LogP contribution >= 0.6 is 34.7 Å². The van der Waals surface area contributed by atoms with E-state index in [1.807, 2.05) is 25.1 Å². The van der Waals surface area contributed by atoms with Gasteiger partial charge in [0.05, 0.1) is 27.5 Å². The van der Waals surface area contributed by atoms with Gasteiger partial charge in [0, 0.05) is 44.5 Å². The average molecular weight is 703 g/mol. The number of fused-ring (bicyclic) bond motifs is 9.